The summed E-state index contributed by atoms with van der Waals surface area (Å²) >= 11 is 5.97. The lowest BCUT2D eigenvalue weighted by molar-refractivity contribution is -0.141. The highest BCUT2D eigenvalue weighted by atomic mass is 35.5. The Morgan fingerprint density at radius 1 is 1.25 bits per heavy atom. The fourth-order valence-corrected chi connectivity index (χ4v) is 2.79. The maximum atomic E-state index is 13.8. The molecule has 0 bridgehead atoms. The van der Waals surface area contributed by atoms with E-state index in [1.54, 1.807) is 6.07 Å². The SMILES string of the molecule is O=C(N[C@H]1C[C@@H]1c1c(F)cccc1Cl)c1ccc(C(F)(F)F)nc1. The van der Waals surface area contributed by atoms with Crippen molar-refractivity contribution in [1.29, 1.82) is 0 Å². The van der Waals surface area contributed by atoms with Crippen LogP contribution in [0.15, 0.2) is 36.5 Å². The summed E-state index contributed by atoms with van der Waals surface area (Å²) in [5, 5.41) is 2.93. The van der Waals surface area contributed by atoms with Gasteiger partial charge >= 0.3 is 6.18 Å². The molecule has 0 spiro atoms. The number of pyridine rings is 1. The van der Waals surface area contributed by atoms with Gasteiger partial charge in [0.1, 0.15) is 11.5 Å². The van der Waals surface area contributed by atoms with Gasteiger partial charge in [-0.2, -0.15) is 13.2 Å². The van der Waals surface area contributed by atoms with E-state index >= 15 is 0 Å². The average Bonchev–Trinajstić information content (AvgIpc) is 3.25. The molecule has 3 nitrogen and oxygen atoms in total. The summed E-state index contributed by atoms with van der Waals surface area (Å²) in [7, 11) is 0. The van der Waals surface area contributed by atoms with Crippen LogP contribution in [-0.2, 0) is 6.18 Å². The van der Waals surface area contributed by atoms with Crippen LogP contribution < -0.4 is 5.32 Å². The van der Waals surface area contributed by atoms with Crippen molar-refractivity contribution in [1.82, 2.24) is 10.3 Å². The molecule has 0 unspecified atom stereocenters. The van der Waals surface area contributed by atoms with E-state index in [9.17, 15) is 22.4 Å². The number of hydrogen-bond donors (Lipinski definition) is 1. The summed E-state index contributed by atoms with van der Waals surface area (Å²) in [5.41, 5.74) is -0.718. The first-order valence-corrected chi connectivity index (χ1v) is 7.43. The van der Waals surface area contributed by atoms with Gasteiger partial charge < -0.3 is 5.32 Å². The first-order chi connectivity index (χ1) is 11.3. The molecule has 126 valence electrons. The van der Waals surface area contributed by atoms with Crippen molar-refractivity contribution in [2.24, 2.45) is 0 Å². The maximum Gasteiger partial charge on any atom is 0.433 e. The van der Waals surface area contributed by atoms with Crippen LogP contribution in [0.25, 0.3) is 0 Å². The van der Waals surface area contributed by atoms with E-state index in [-0.39, 0.29) is 22.5 Å². The van der Waals surface area contributed by atoms with Gasteiger partial charge in [-0.15, -0.1) is 0 Å². The maximum absolute atomic E-state index is 13.8. The number of hydrogen-bond acceptors (Lipinski definition) is 2. The van der Waals surface area contributed by atoms with Gasteiger partial charge in [-0.1, -0.05) is 17.7 Å². The Balaban J connectivity index is 1.67. The number of amides is 1. The molecule has 1 aliphatic carbocycles. The Morgan fingerprint density at radius 2 is 2.00 bits per heavy atom. The minimum Gasteiger partial charge on any atom is -0.349 e. The second-order valence-electron chi connectivity index (χ2n) is 5.49. The second kappa shape index (κ2) is 6.05. The molecule has 1 fully saturated rings. The predicted octanol–water partition coefficient (Wildman–Crippen LogP) is 4.18. The van der Waals surface area contributed by atoms with Gasteiger partial charge in [-0.25, -0.2) is 4.39 Å². The van der Waals surface area contributed by atoms with E-state index in [0.29, 0.717) is 12.0 Å². The Bertz CT molecular complexity index is 756. The third kappa shape index (κ3) is 3.36. The second-order valence-corrected chi connectivity index (χ2v) is 5.89. The molecule has 3 rings (SSSR count). The van der Waals surface area contributed by atoms with Crippen LogP contribution in [-0.4, -0.2) is 16.9 Å². The fraction of sp³-hybridized carbons (Fsp3) is 0.250. The highest BCUT2D eigenvalue weighted by Crippen LogP contribution is 2.45. The standard InChI is InChI=1S/C16H11ClF4N2O/c17-10-2-1-3-11(18)14(10)9-6-12(9)23-15(24)8-4-5-13(22-7-8)16(19,20)21/h1-5,7,9,12H,6H2,(H,23,24)/t9-,12-/m0/s1. The number of nitrogens with one attached hydrogen (secondary N) is 1. The van der Waals surface area contributed by atoms with Crippen LogP contribution in [0.1, 0.15) is 34.0 Å². The minimum atomic E-state index is -4.56. The number of carbonyl (C=O) groups excluding carboxylic acids is 1. The van der Waals surface area contributed by atoms with Crippen molar-refractivity contribution in [3.05, 3.63) is 64.2 Å². The molecule has 8 heteroatoms. The van der Waals surface area contributed by atoms with Gasteiger partial charge in [-0.3, -0.25) is 9.78 Å². The highest BCUT2D eigenvalue weighted by Gasteiger charge is 2.42. The number of carbonyl (C=O) groups is 1. The molecule has 2 aromatic rings. The van der Waals surface area contributed by atoms with Crippen LogP contribution in [0, 0.1) is 5.82 Å². The van der Waals surface area contributed by atoms with Crippen LogP contribution in [0.2, 0.25) is 5.02 Å². The number of halogens is 5. The lowest BCUT2D eigenvalue weighted by Gasteiger charge is -2.08. The Kier molecular flexibility index (Phi) is 4.21. The summed E-state index contributed by atoms with van der Waals surface area (Å²) in [4.78, 5) is 15.3. The first kappa shape index (κ1) is 16.7. The van der Waals surface area contributed by atoms with Crippen molar-refractivity contribution < 1.29 is 22.4 Å². The van der Waals surface area contributed by atoms with E-state index in [0.717, 1.165) is 18.3 Å². The van der Waals surface area contributed by atoms with E-state index in [2.05, 4.69) is 10.3 Å². The lowest BCUT2D eigenvalue weighted by atomic mass is 10.1. The van der Waals surface area contributed by atoms with Gasteiger partial charge in [0, 0.05) is 28.7 Å². The van der Waals surface area contributed by atoms with Crippen molar-refractivity contribution in [3.8, 4) is 0 Å². The van der Waals surface area contributed by atoms with Gasteiger partial charge in [0.15, 0.2) is 0 Å². The summed E-state index contributed by atoms with van der Waals surface area (Å²) < 4.78 is 51.2. The third-order valence-electron chi connectivity index (χ3n) is 3.79. The van der Waals surface area contributed by atoms with Gasteiger partial charge in [0.25, 0.3) is 5.91 Å². The third-order valence-corrected chi connectivity index (χ3v) is 4.12. The van der Waals surface area contributed by atoms with Crippen molar-refractivity contribution in [3.63, 3.8) is 0 Å². The van der Waals surface area contributed by atoms with E-state index in [4.69, 9.17) is 11.6 Å². The Hall–Kier alpha value is -2.15. The molecule has 0 saturated heterocycles. The number of rotatable bonds is 3. The number of alkyl halides is 3. The van der Waals surface area contributed by atoms with Crippen LogP contribution in [0.5, 0.6) is 0 Å². The minimum absolute atomic E-state index is 0.00767. The zero-order valence-corrected chi connectivity index (χ0v) is 12.8. The van der Waals surface area contributed by atoms with E-state index in [1.807, 2.05) is 0 Å². The number of nitrogens with zero attached hydrogens (tertiary/aromatic N) is 1. The topological polar surface area (TPSA) is 42.0 Å². The monoisotopic (exact) mass is 358 g/mol. The molecule has 1 aromatic heterocycles. The average molecular weight is 359 g/mol. The quantitative estimate of drug-likeness (QED) is 0.836. The summed E-state index contributed by atoms with van der Waals surface area (Å²) in [6.07, 6.45) is -3.18. The summed E-state index contributed by atoms with van der Waals surface area (Å²) in [6, 6.07) is 5.83. The molecule has 0 radical (unpaired) electrons. The normalized spacial score (nSPS) is 19.9. The molecule has 24 heavy (non-hydrogen) atoms. The van der Waals surface area contributed by atoms with Gasteiger partial charge in [0.2, 0.25) is 0 Å². The summed E-state index contributed by atoms with van der Waals surface area (Å²) in [6.45, 7) is 0. The molecule has 1 aromatic carbocycles. The number of benzene rings is 1. The van der Waals surface area contributed by atoms with Crippen LogP contribution in [0.4, 0.5) is 17.6 Å². The van der Waals surface area contributed by atoms with Crippen molar-refractivity contribution in [2.75, 3.05) is 0 Å². The van der Waals surface area contributed by atoms with Crippen molar-refractivity contribution >= 4 is 17.5 Å². The van der Waals surface area contributed by atoms with Crippen LogP contribution >= 0.6 is 11.6 Å². The zero-order chi connectivity index (χ0) is 17.5. The zero-order valence-electron chi connectivity index (χ0n) is 12.1. The largest absolute Gasteiger partial charge is 0.433 e. The molecule has 1 aliphatic rings. The lowest BCUT2D eigenvalue weighted by Crippen LogP contribution is -2.27. The molecule has 2 atom stereocenters. The number of aromatic nitrogens is 1. The highest BCUT2D eigenvalue weighted by molar-refractivity contribution is 6.31. The molecule has 1 saturated carbocycles. The van der Waals surface area contributed by atoms with E-state index in [1.165, 1.54) is 12.1 Å². The summed E-state index contributed by atoms with van der Waals surface area (Å²) in [5.74, 6) is -1.25. The molecular formula is C16H11ClF4N2O. The molecule has 0 aliphatic heterocycles. The molecule has 1 N–H and O–H groups in total. The molecule has 1 heterocycles. The predicted molar refractivity (Wildman–Crippen MR) is 79.3 cm³/mol. The van der Waals surface area contributed by atoms with Crippen molar-refractivity contribution in [2.45, 2.75) is 24.6 Å². The first-order valence-electron chi connectivity index (χ1n) is 7.05. The smallest absolute Gasteiger partial charge is 0.349 e. The van der Waals surface area contributed by atoms with E-state index < -0.39 is 23.6 Å². The fourth-order valence-electron chi connectivity index (χ4n) is 2.49. The molecular weight excluding hydrogens is 348 g/mol. The van der Waals surface area contributed by atoms with Crippen LogP contribution in [0.3, 0.4) is 0 Å². The Morgan fingerprint density at radius 3 is 2.58 bits per heavy atom. The van der Waals surface area contributed by atoms with Gasteiger partial charge in [-0.05, 0) is 30.7 Å². The molecule has 1 amide bonds. The Labute approximate surface area is 139 Å². The van der Waals surface area contributed by atoms with Gasteiger partial charge in [0.05, 0.1) is 5.56 Å².